The highest BCUT2D eigenvalue weighted by Crippen LogP contribution is 2.10. The van der Waals surface area contributed by atoms with Crippen molar-refractivity contribution in [1.82, 2.24) is 5.32 Å². The Morgan fingerprint density at radius 3 is 2.22 bits per heavy atom. The third kappa shape index (κ3) is 4.88. The molecule has 0 saturated carbocycles. The summed E-state index contributed by atoms with van der Waals surface area (Å²) in [6.45, 7) is 0. The Morgan fingerprint density at radius 2 is 1.83 bits per heavy atom. The highest BCUT2D eigenvalue weighted by atomic mass is 16.4. The summed E-state index contributed by atoms with van der Waals surface area (Å²) in [5.74, 6) is 1.98. The average molecular weight is 252 g/mol. The van der Waals surface area contributed by atoms with E-state index in [4.69, 9.17) is 28.8 Å². The molecule has 0 aliphatic carbocycles. The lowest BCUT2D eigenvalue weighted by Crippen LogP contribution is -2.64. The molecule has 98 valence electrons. The Bertz CT molecular complexity index is 394. The molecule has 0 radical (unpaired) electrons. The van der Waals surface area contributed by atoms with Gasteiger partial charge in [0.15, 0.2) is 5.66 Å². The van der Waals surface area contributed by atoms with Crippen LogP contribution in [0.2, 0.25) is 0 Å². The van der Waals surface area contributed by atoms with Gasteiger partial charge in [-0.25, -0.2) is 4.79 Å². The zero-order chi connectivity index (χ0) is 14.2. The lowest BCUT2D eigenvalue weighted by atomic mass is 10.0. The van der Waals surface area contributed by atoms with Crippen molar-refractivity contribution in [2.24, 2.45) is 5.73 Å². The molecular formula is C12H16N2O4. The monoisotopic (exact) mass is 252 g/mol. The van der Waals surface area contributed by atoms with Crippen molar-refractivity contribution in [2.45, 2.75) is 37.4 Å². The fourth-order valence-electron chi connectivity index (χ4n) is 1.31. The molecule has 0 rings (SSSR count). The zero-order valence-corrected chi connectivity index (χ0v) is 9.85. The van der Waals surface area contributed by atoms with E-state index in [1.165, 1.54) is 0 Å². The van der Waals surface area contributed by atoms with E-state index in [9.17, 15) is 9.59 Å². The van der Waals surface area contributed by atoms with E-state index < -0.39 is 23.6 Å². The number of hydrogen-bond donors (Lipinski definition) is 4. The van der Waals surface area contributed by atoms with E-state index in [0.717, 1.165) is 0 Å². The first kappa shape index (κ1) is 16.0. The molecule has 2 atom stereocenters. The van der Waals surface area contributed by atoms with Crippen LogP contribution < -0.4 is 11.1 Å². The normalized spacial score (nSPS) is 14.8. The predicted molar refractivity (Wildman–Crippen MR) is 65.2 cm³/mol. The molecule has 0 aliphatic heterocycles. The van der Waals surface area contributed by atoms with Crippen LogP contribution in [0.4, 0.5) is 0 Å². The van der Waals surface area contributed by atoms with Gasteiger partial charge in [-0.3, -0.25) is 10.1 Å². The summed E-state index contributed by atoms with van der Waals surface area (Å²) < 4.78 is 0. The van der Waals surface area contributed by atoms with E-state index >= 15 is 0 Å². The Morgan fingerprint density at radius 1 is 1.28 bits per heavy atom. The molecule has 0 heterocycles. The van der Waals surface area contributed by atoms with Crippen LogP contribution in [-0.4, -0.2) is 33.9 Å². The fourth-order valence-corrected chi connectivity index (χ4v) is 1.31. The second-order valence-electron chi connectivity index (χ2n) is 3.76. The van der Waals surface area contributed by atoms with E-state index in [0.29, 0.717) is 0 Å². The van der Waals surface area contributed by atoms with Gasteiger partial charge in [0.05, 0.1) is 0 Å². The van der Waals surface area contributed by atoms with Crippen molar-refractivity contribution in [1.29, 1.82) is 0 Å². The van der Waals surface area contributed by atoms with Crippen LogP contribution in [0.25, 0.3) is 0 Å². The summed E-state index contributed by atoms with van der Waals surface area (Å²) in [5, 5.41) is 20.4. The van der Waals surface area contributed by atoms with Crippen LogP contribution in [0.15, 0.2) is 0 Å². The van der Waals surface area contributed by atoms with Crippen LogP contribution in [0.3, 0.4) is 0 Å². The Labute approximate surface area is 106 Å². The van der Waals surface area contributed by atoms with Gasteiger partial charge in [0.2, 0.25) is 0 Å². The van der Waals surface area contributed by atoms with Gasteiger partial charge >= 0.3 is 11.9 Å². The molecule has 0 aromatic rings. The summed E-state index contributed by atoms with van der Waals surface area (Å²) >= 11 is 0. The number of terminal acetylenes is 2. The minimum atomic E-state index is -1.87. The van der Waals surface area contributed by atoms with Gasteiger partial charge in [-0.15, -0.1) is 24.7 Å². The quantitative estimate of drug-likeness (QED) is 0.345. The third-order valence-electron chi connectivity index (χ3n) is 2.35. The molecule has 0 saturated heterocycles. The molecule has 1 unspecified atom stereocenters. The summed E-state index contributed by atoms with van der Waals surface area (Å²) in [6, 6.07) is -1.13. The number of carboxylic acid groups (broad SMARTS) is 2. The number of rotatable bonds is 8. The molecule has 18 heavy (non-hydrogen) atoms. The van der Waals surface area contributed by atoms with Crippen LogP contribution >= 0.6 is 0 Å². The molecule has 5 N–H and O–H groups in total. The van der Waals surface area contributed by atoms with Crippen LogP contribution in [0.1, 0.15) is 25.7 Å². The van der Waals surface area contributed by atoms with Gasteiger partial charge in [-0.05, 0) is 6.42 Å². The molecule has 6 heteroatoms. The van der Waals surface area contributed by atoms with E-state index in [1.54, 1.807) is 0 Å². The van der Waals surface area contributed by atoms with Gasteiger partial charge in [0.1, 0.15) is 6.04 Å². The number of hydrogen-bond acceptors (Lipinski definition) is 4. The molecule has 0 aliphatic rings. The number of nitrogens with two attached hydrogens (primary N) is 1. The molecule has 0 spiro atoms. The van der Waals surface area contributed by atoms with Crippen molar-refractivity contribution in [3.05, 3.63) is 0 Å². The maximum atomic E-state index is 11.1. The lowest BCUT2D eigenvalue weighted by molar-refractivity contribution is -0.147. The van der Waals surface area contributed by atoms with Crippen LogP contribution in [-0.2, 0) is 9.59 Å². The van der Waals surface area contributed by atoms with E-state index in [-0.39, 0.29) is 25.7 Å². The third-order valence-corrected chi connectivity index (χ3v) is 2.35. The minimum Gasteiger partial charge on any atom is -0.480 e. The highest BCUT2D eigenvalue weighted by molar-refractivity contribution is 5.80. The zero-order valence-electron chi connectivity index (χ0n) is 9.85. The molecule has 6 nitrogen and oxygen atoms in total. The minimum absolute atomic E-state index is 0.0708. The molecular weight excluding hydrogens is 236 g/mol. The SMILES string of the molecule is C#CCCC(N[C@](N)(CCC#C)C(=O)O)C(=O)O. The van der Waals surface area contributed by atoms with Gasteiger partial charge in [-0.1, -0.05) is 0 Å². The molecule has 0 bridgehead atoms. The maximum absolute atomic E-state index is 11.1. The second kappa shape index (κ2) is 7.33. The number of carbonyl (C=O) groups is 2. The summed E-state index contributed by atoms with van der Waals surface area (Å²) in [5.41, 5.74) is 3.75. The first-order valence-electron chi connectivity index (χ1n) is 5.27. The number of nitrogens with one attached hydrogen (secondary N) is 1. The number of carboxylic acids is 2. The first-order valence-corrected chi connectivity index (χ1v) is 5.27. The Balaban J connectivity index is 4.82. The largest absolute Gasteiger partial charge is 0.480 e. The predicted octanol–water partition coefficient (Wildman–Crippen LogP) is -0.404. The highest BCUT2D eigenvalue weighted by Gasteiger charge is 2.37. The molecule has 0 amide bonds. The van der Waals surface area contributed by atoms with Crippen LogP contribution in [0, 0.1) is 24.7 Å². The lowest BCUT2D eigenvalue weighted by Gasteiger charge is -2.28. The average Bonchev–Trinajstić information content (AvgIpc) is 2.31. The van der Waals surface area contributed by atoms with Crippen molar-refractivity contribution in [3.8, 4) is 24.7 Å². The summed E-state index contributed by atoms with van der Waals surface area (Å²) in [4.78, 5) is 22.0. The number of aliphatic carboxylic acids is 2. The maximum Gasteiger partial charge on any atom is 0.338 e. The molecule has 0 aromatic heterocycles. The fraction of sp³-hybridized carbons (Fsp3) is 0.500. The van der Waals surface area contributed by atoms with Gasteiger partial charge < -0.3 is 15.9 Å². The van der Waals surface area contributed by atoms with E-state index in [2.05, 4.69) is 17.2 Å². The van der Waals surface area contributed by atoms with Crippen molar-refractivity contribution in [3.63, 3.8) is 0 Å². The second-order valence-corrected chi connectivity index (χ2v) is 3.76. The van der Waals surface area contributed by atoms with Crippen LogP contribution in [0.5, 0.6) is 0 Å². The molecule has 0 aromatic carbocycles. The van der Waals surface area contributed by atoms with Gasteiger partial charge in [-0.2, -0.15) is 0 Å². The van der Waals surface area contributed by atoms with Gasteiger partial charge in [0, 0.05) is 19.3 Å². The first-order chi connectivity index (χ1) is 8.37. The standard InChI is InChI=1S/C12H16N2O4/c1-3-5-7-9(10(15)16)14-12(13,11(17)18)8-6-4-2/h1-2,9,14H,5-8,13H2,(H,15,16)(H,17,18)/t9?,12-/m1/s1. The molecule has 0 fully saturated rings. The summed E-state index contributed by atoms with van der Waals surface area (Å²) in [6.07, 6.45) is 10.4. The van der Waals surface area contributed by atoms with Crippen molar-refractivity contribution >= 4 is 11.9 Å². The van der Waals surface area contributed by atoms with Crippen molar-refractivity contribution < 1.29 is 19.8 Å². The Hall–Kier alpha value is -2.02. The topological polar surface area (TPSA) is 113 Å². The van der Waals surface area contributed by atoms with Gasteiger partial charge in [0.25, 0.3) is 0 Å². The summed E-state index contributed by atoms with van der Waals surface area (Å²) in [7, 11) is 0. The van der Waals surface area contributed by atoms with E-state index in [1.807, 2.05) is 0 Å². The smallest absolute Gasteiger partial charge is 0.338 e. The Kier molecular flexibility index (Phi) is 6.51. The van der Waals surface area contributed by atoms with Crippen molar-refractivity contribution in [2.75, 3.05) is 0 Å².